The quantitative estimate of drug-likeness (QED) is 0.153. The first-order valence-corrected chi connectivity index (χ1v) is 10.3. The molecule has 10 heteroatoms. The number of nitrogens with zero attached hydrogens (tertiary/aromatic N) is 2. The monoisotopic (exact) mass is 623 g/mol. The van der Waals surface area contributed by atoms with Gasteiger partial charge in [0.05, 0.1) is 18.7 Å². The summed E-state index contributed by atoms with van der Waals surface area (Å²) in [5, 5.41) is 23.1. The number of hydrogen-bond donors (Lipinski definition) is 1. The van der Waals surface area contributed by atoms with Crippen molar-refractivity contribution >= 4 is 80.1 Å². The van der Waals surface area contributed by atoms with Gasteiger partial charge >= 0.3 is 0 Å². The van der Waals surface area contributed by atoms with Crippen LogP contribution in [0.4, 0.5) is 11.4 Å². The van der Waals surface area contributed by atoms with Crippen molar-refractivity contribution in [3.05, 3.63) is 63.7 Å². The fourth-order valence-electron chi connectivity index (χ4n) is 2.21. The highest BCUT2D eigenvalue weighted by Gasteiger charge is 2.19. The van der Waals surface area contributed by atoms with E-state index in [1.54, 1.807) is 12.1 Å². The van der Waals surface area contributed by atoms with E-state index in [1.807, 2.05) is 13.0 Å². The number of halogens is 3. The lowest BCUT2D eigenvalue weighted by molar-refractivity contribution is -0.383. The molecule has 2 rings (SSSR count). The predicted molar refractivity (Wildman–Crippen MR) is 123 cm³/mol. The first-order chi connectivity index (χ1) is 13.3. The molecular formula is C18H12ClI2N3O4. The summed E-state index contributed by atoms with van der Waals surface area (Å²) >= 11 is 10.00. The number of nitriles is 1. The third kappa shape index (κ3) is 5.55. The standard InChI is InChI=1S/C18H12ClI2N3O4/c1-2-28-17-13(20)6-10(7-14(17)21)5-11(9-22)18(25)23-15-4-3-12(19)8-16(15)24(26)27/h3-8H,2H2,1H3,(H,23,25). The summed E-state index contributed by atoms with van der Waals surface area (Å²) in [6.07, 6.45) is 1.41. The Kier molecular flexibility index (Phi) is 8.02. The SMILES string of the molecule is CCOc1c(I)cc(C=C(C#N)C(=O)Nc2ccc(Cl)cc2[N+](=O)[O-])cc1I. The van der Waals surface area contributed by atoms with Crippen LogP contribution in [0.5, 0.6) is 5.75 Å². The number of nitro benzene ring substituents is 1. The van der Waals surface area contributed by atoms with Crippen LogP contribution in [0.25, 0.3) is 6.08 Å². The third-order valence-corrected chi connectivity index (χ3v) is 5.23. The highest BCUT2D eigenvalue weighted by molar-refractivity contribution is 14.1. The lowest BCUT2D eigenvalue weighted by Crippen LogP contribution is -2.14. The molecular weight excluding hydrogens is 611 g/mol. The molecule has 2 aromatic carbocycles. The van der Waals surface area contributed by atoms with E-state index in [0.717, 1.165) is 19.0 Å². The molecule has 0 spiro atoms. The van der Waals surface area contributed by atoms with E-state index >= 15 is 0 Å². The molecule has 7 nitrogen and oxygen atoms in total. The van der Waals surface area contributed by atoms with Crippen molar-refractivity contribution in [2.24, 2.45) is 0 Å². The van der Waals surface area contributed by atoms with Crippen LogP contribution in [-0.4, -0.2) is 17.4 Å². The summed E-state index contributed by atoms with van der Waals surface area (Å²) in [5.41, 5.74) is 0.0364. The molecule has 0 heterocycles. The molecule has 0 unspecified atom stereocenters. The molecule has 0 aliphatic heterocycles. The summed E-state index contributed by atoms with van der Waals surface area (Å²) in [7, 11) is 0. The Morgan fingerprint density at radius 2 is 2.00 bits per heavy atom. The van der Waals surface area contributed by atoms with Gasteiger partial charge in [0, 0.05) is 11.1 Å². The Labute approximate surface area is 193 Å². The molecule has 0 aliphatic rings. The normalized spacial score (nSPS) is 10.9. The number of benzene rings is 2. The highest BCUT2D eigenvalue weighted by Crippen LogP contribution is 2.31. The van der Waals surface area contributed by atoms with Crippen molar-refractivity contribution in [2.45, 2.75) is 6.92 Å². The summed E-state index contributed by atoms with van der Waals surface area (Å²) in [5.74, 6) is -0.0209. The van der Waals surface area contributed by atoms with Crippen molar-refractivity contribution in [1.29, 1.82) is 5.26 Å². The first kappa shape index (κ1) is 22.4. The number of carbonyl (C=O) groups excluding carboxylic acids is 1. The van der Waals surface area contributed by atoms with Crippen molar-refractivity contribution in [3.63, 3.8) is 0 Å². The van der Waals surface area contributed by atoms with Gasteiger partial charge in [-0.05, 0) is 88.0 Å². The maximum atomic E-state index is 12.5. The molecule has 2 aromatic rings. The van der Waals surface area contributed by atoms with Crippen molar-refractivity contribution in [2.75, 3.05) is 11.9 Å². The fraction of sp³-hybridized carbons (Fsp3) is 0.111. The maximum Gasteiger partial charge on any atom is 0.294 e. The van der Waals surface area contributed by atoms with Gasteiger partial charge in [0.25, 0.3) is 11.6 Å². The number of ether oxygens (including phenoxy) is 1. The van der Waals surface area contributed by atoms with Crippen molar-refractivity contribution < 1.29 is 14.5 Å². The van der Waals surface area contributed by atoms with Gasteiger partial charge in [-0.25, -0.2) is 0 Å². The van der Waals surface area contributed by atoms with Gasteiger partial charge in [-0.3, -0.25) is 14.9 Å². The molecule has 28 heavy (non-hydrogen) atoms. The van der Waals surface area contributed by atoms with Gasteiger partial charge in [-0.15, -0.1) is 0 Å². The Morgan fingerprint density at radius 3 is 2.54 bits per heavy atom. The van der Waals surface area contributed by atoms with E-state index < -0.39 is 10.8 Å². The number of nitrogens with one attached hydrogen (secondary N) is 1. The second kappa shape index (κ2) is 10.0. The molecule has 1 amide bonds. The van der Waals surface area contributed by atoms with Gasteiger partial charge in [0.2, 0.25) is 0 Å². The number of rotatable bonds is 6. The van der Waals surface area contributed by atoms with E-state index in [9.17, 15) is 20.2 Å². The average molecular weight is 624 g/mol. The molecule has 0 saturated carbocycles. The number of amides is 1. The van der Waals surface area contributed by atoms with E-state index in [4.69, 9.17) is 16.3 Å². The minimum absolute atomic E-state index is 0.0450. The van der Waals surface area contributed by atoms with E-state index in [0.29, 0.717) is 12.2 Å². The smallest absolute Gasteiger partial charge is 0.294 e. The van der Waals surface area contributed by atoms with Gasteiger partial charge < -0.3 is 10.1 Å². The van der Waals surface area contributed by atoms with Gasteiger partial charge in [-0.2, -0.15) is 5.26 Å². The zero-order valence-electron chi connectivity index (χ0n) is 14.3. The highest BCUT2D eigenvalue weighted by atomic mass is 127. The molecule has 0 aliphatic carbocycles. The molecule has 144 valence electrons. The summed E-state index contributed by atoms with van der Waals surface area (Å²) in [4.78, 5) is 23.0. The maximum absolute atomic E-state index is 12.5. The number of carbonyl (C=O) groups is 1. The lowest BCUT2D eigenvalue weighted by Gasteiger charge is -2.10. The topological polar surface area (TPSA) is 105 Å². The second-order valence-electron chi connectivity index (χ2n) is 5.29. The largest absolute Gasteiger partial charge is 0.492 e. The van der Waals surface area contributed by atoms with Crippen LogP contribution in [0.1, 0.15) is 12.5 Å². The Bertz CT molecular complexity index is 995. The minimum Gasteiger partial charge on any atom is -0.492 e. The van der Waals surface area contributed by atoms with E-state index in [2.05, 4.69) is 50.5 Å². The van der Waals surface area contributed by atoms with Crippen LogP contribution in [-0.2, 0) is 4.79 Å². The summed E-state index contributed by atoms with van der Waals surface area (Å²) in [6, 6.07) is 9.25. The number of nitro groups is 1. The van der Waals surface area contributed by atoms with Crippen LogP contribution in [0.2, 0.25) is 5.02 Å². The zero-order chi connectivity index (χ0) is 20.8. The third-order valence-electron chi connectivity index (χ3n) is 3.39. The Balaban J connectivity index is 2.35. The van der Waals surface area contributed by atoms with E-state index in [-0.39, 0.29) is 22.0 Å². The van der Waals surface area contributed by atoms with Crippen LogP contribution in [0.3, 0.4) is 0 Å². The lowest BCUT2D eigenvalue weighted by atomic mass is 10.1. The average Bonchev–Trinajstić information content (AvgIpc) is 2.63. The molecule has 0 bridgehead atoms. The first-order valence-electron chi connectivity index (χ1n) is 7.75. The van der Waals surface area contributed by atoms with Crippen molar-refractivity contribution in [3.8, 4) is 11.8 Å². The number of anilines is 1. The summed E-state index contributed by atoms with van der Waals surface area (Å²) < 4.78 is 7.24. The van der Waals surface area contributed by atoms with E-state index in [1.165, 1.54) is 18.2 Å². The molecule has 0 aromatic heterocycles. The van der Waals surface area contributed by atoms with Crippen LogP contribution < -0.4 is 10.1 Å². The molecule has 0 saturated heterocycles. The van der Waals surface area contributed by atoms with Crippen LogP contribution in [0.15, 0.2) is 35.9 Å². The van der Waals surface area contributed by atoms with Crippen molar-refractivity contribution in [1.82, 2.24) is 0 Å². The van der Waals surface area contributed by atoms with Gasteiger partial charge in [0.15, 0.2) is 0 Å². The predicted octanol–water partition coefficient (Wildman–Crippen LogP) is 5.40. The Hall–Kier alpha value is -1.91. The zero-order valence-corrected chi connectivity index (χ0v) is 19.4. The molecule has 0 atom stereocenters. The second-order valence-corrected chi connectivity index (χ2v) is 8.05. The molecule has 0 radical (unpaired) electrons. The van der Waals surface area contributed by atoms with Gasteiger partial charge in [-0.1, -0.05) is 11.6 Å². The molecule has 1 N–H and O–H groups in total. The molecule has 0 fully saturated rings. The fourth-order valence-corrected chi connectivity index (χ4v) is 4.51. The van der Waals surface area contributed by atoms with Crippen LogP contribution >= 0.6 is 56.8 Å². The number of hydrogen-bond acceptors (Lipinski definition) is 5. The summed E-state index contributed by atoms with van der Waals surface area (Å²) in [6.45, 7) is 2.40. The Morgan fingerprint density at radius 1 is 1.36 bits per heavy atom. The van der Waals surface area contributed by atoms with Gasteiger partial charge in [0.1, 0.15) is 23.1 Å². The minimum atomic E-state index is -0.758. The van der Waals surface area contributed by atoms with Crippen LogP contribution in [0, 0.1) is 28.6 Å².